The molecule has 0 spiro atoms. The van der Waals surface area contributed by atoms with Crippen LogP contribution in [0.2, 0.25) is 0 Å². The molecule has 1 heterocycles. The Morgan fingerprint density at radius 3 is 2.71 bits per heavy atom. The molecule has 1 aromatic rings. The van der Waals surface area contributed by atoms with Gasteiger partial charge in [-0.25, -0.2) is 10.2 Å². The summed E-state index contributed by atoms with van der Waals surface area (Å²) >= 11 is 0. The first kappa shape index (κ1) is 10.2. The summed E-state index contributed by atoms with van der Waals surface area (Å²) in [4.78, 5) is 14.1. The van der Waals surface area contributed by atoms with Gasteiger partial charge in [-0.3, -0.25) is 4.98 Å². The summed E-state index contributed by atoms with van der Waals surface area (Å²) < 4.78 is 0. The highest BCUT2D eigenvalue weighted by Crippen LogP contribution is 2.01. The van der Waals surface area contributed by atoms with Crippen LogP contribution < -0.4 is 5.43 Å². The van der Waals surface area contributed by atoms with Gasteiger partial charge in [-0.2, -0.15) is 5.10 Å². The molecule has 0 aliphatic rings. The number of hydrazone groups is 1. The molecule has 74 valence electrons. The van der Waals surface area contributed by atoms with Crippen LogP contribution in [0, 0.1) is 0 Å². The molecule has 0 bridgehead atoms. The van der Waals surface area contributed by atoms with E-state index in [1.54, 1.807) is 24.5 Å². The Hall–Kier alpha value is -1.91. The molecule has 5 heteroatoms. The first-order valence-electron chi connectivity index (χ1n) is 4.20. The summed E-state index contributed by atoms with van der Waals surface area (Å²) in [7, 11) is 0. The van der Waals surface area contributed by atoms with Gasteiger partial charge in [0.2, 0.25) is 0 Å². The van der Waals surface area contributed by atoms with E-state index >= 15 is 0 Å². The van der Waals surface area contributed by atoms with E-state index in [2.05, 4.69) is 10.1 Å². The van der Waals surface area contributed by atoms with Crippen LogP contribution in [-0.4, -0.2) is 21.9 Å². The molecule has 0 saturated heterocycles. The maximum absolute atomic E-state index is 10.2. The summed E-state index contributed by atoms with van der Waals surface area (Å²) in [6, 6.07) is 3.57. The Morgan fingerprint density at radius 2 is 2.21 bits per heavy atom. The minimum Gasteiger partial charge on any atom is -0.464 e. The lowest BCUT2D eigenvalue weighted by Crippen LogP contribution is -2.17. The number of amides is 1. The van der Waals surface area contributed by atoms with Crippen LogP contribution in [0.3, 0.4) is 0 Å². The second-order valence-electron chi connectivity index (χ2n) is 2.56. The molecule has 0 atom stereocenters. The summed E-state index contributed by atoms with van der Waals surface area (Å²) in [6.07, 6.45) is 2.78. The van der Waals surface area contributed by atoms with Crippen molar-refractivity contribution < 1.29 is 9.90 Å². The minimum absolute atomic E-state index is 0.657. The van der Waals surface area contributed by atoms with Crippen LogP contribution >= 0.6 is 0 Å². The Bertz CT molecular complexity index is 335. The molecule has 0 fully saturated rings. The predicted molar refractivity (Wildman–Crippen MR) is 52.2 cm³/mol. The molecule has 0 aliphatic carbocycles. The highest BCUT2D eigenvalue weighted by atomic mass is 16.4. The molecule has 0 aromatic carbocycles. The molecule has 0 saturated carbocycles. The Kier molecular flexibility index (Phi) is 3.60. The number of hydrogen-bond acceptors (Lipinski definition) is 3. The molecule has 0 unspecified atom stereocenters. The summed E-state index contributed by atoms with van der Waals surface area (Å²) in [6.45, 7) is 1.91. The van der Waals surface area contributed by atoms with Crippen LogP contribution in [0.4, 0.5) is 4.79 Å². The summed E-state index contributed by atoms with van der Waals surface area (Å²) in [5.74, 6) is 0. The fourth-order valence-corrected chi connectivity index (χ4v) is 1.01. The van der Waals surface area contributed by atoms with Crippen molar-refractivity contribution in [3.8, 4) is 0 Å². The molecule has 2 N–H and O–H groups in total. The summed E-state index contributed by atoms with van der Waals surface area (Å²) in [5, 5.41) is 12.1. The quantitative estimate of drug-likeness (QED) is 0.563. The van der Waals surface area contributed by atoms with Gasteiger partial charge in [0.1, 0.15) is 0 Å². The minimum atomic E-state index is -1.16. The number of hydrogen-bond donors (Lipinski definition) is 2. The Morgan fingerprint density at radius 1 is 1.57 bits per heavy atom. The Labute approximate surface area is 81.5 Å². The Balaban J connectivity index is 2.82. The van der Waals surface area contributed by atoms with Crippen molar-refractivity contribution in [1.29, 1.82) is 0 Å². The highest BCUT2D eigenvalue weighted by Gasteiger charge is 2.00. The average molecular weight is 193 g/mol. The highest BCUT2D eigenvalue weighted by molar-refractivity contribution is 6.00. The molecular formula is C9H11N3O2. The van der Waals surface area contributed by atoms with Gasteiger partial charge in [0, 0.05) is 18.0 Å². The van der Waals surface area contributed by atoms with E-state index in [1.807, 2.05) is 12.3 Å². The first-order valence-corrected chi connectivity index (χ1v) is 4.20. The van der Waals surface area contributed by atoms with E-state index in [9.17, 15) is 4.79 Å². The SMILES string of the molecule is CCC(=NNC(=O)O)c1ccncc1. The third-order valence-corrected chi connectivity index (χ3v) is 1.63. The smallest absolute Gasteiger partial charge is 0.425 e. The van der Waals surface area contributed by atoms with Crippen LogP contribution in [-0.2, 0) is 0 Å². The maximum atomic E-state index is 10.2. The number of nitrogens with one attached hydrogen (secondary N) is 1. The molecule has 14 heavy (non-hydrogen) atoms. The number of aromatic nitrogens is 1. The molecule has 1 amide bonds. The van der Waals surface area contributed by atoms with Gasteiger partial charge in [0.25, 0.3) is 0 Å². The van der Waals surface area contributed by atoms with E-state index in [4.69, 9.17) is 5.11 Å². The second kappa shape index (κ2) is 4.96. The number of pyridine rings is 1. The molecular weight excluding hydrogens is 182 g/mol. The first-order chi connectivity index (χ1) is 6.74. The average Bonchev–Trinajstić information content (AvgIpc) is 2.20. The topological polar surface area (TPSA) is 74.6 Å². The monoisotopic (exact) mass is 193 g/mol. The van der Waals surface area contributed by atoms with Crippen molar-refractivity contribution in [2.45, 2.75) is 13.3 Å². The fourth-order valence-electron chi connectivity index (χ4n) is 1.01. The van der Waals surface area contributed by atoms with Crippen molar-refractivity contribution >= 4 is 11.8 Å². The van der Waals surface area contributed by atoms with Crippen molar-refractivity contribution in [2.24, 2.45) is 5.10 Å². The van der Waals surface area contributed by atoms with E-state index in [-0.39, 0.29) is 0 Å². The van der Waals surface area contributed by atoms with Crippen molar-refractivity contribution in [3.05, 3.63) is 30.1 Å². The molecule has 0 radical (unpaired) electrons. The maximum Gasteiger partial charge on any atom is 0.425 e. The number of nitrogens with zero attached hydrogens (tertiary/aromatic N) is 2. The predicted octanol–water partition coefficient (Wildman–Crippen LogP) is 1.46. The molecule has 1 aromatic heterocycles. The zero-order chi connectivity index (χ0) is 10.4. The van der Waals surface area contributed by atoms with E-state index in [0.717, 1.165) is 5.56 Å². The van der Waals surface area contributed by atoms with Gasteiger partial charge in [0.15, 0.2) is 0 Å². The van der Waals surface area contributed by atoms with Gasteiger partial charge in [-0.15, -0.1) is 0 Å². The van der Waals surface area contributed by atoms with E-state index in [0.29, 0.717) is 12.1 Å². The number of carboxylic acid groups (broad SMARTS) is 1. The van der Waals surface area contributed by atoms with Crippen LogP contribution in [0.5, 0.6) is 0 Å². The lowest BCUT2D eigenvalue weighted by atomic mass is 10.1. The van der Waals surface area contributed by atoms with Gasteiger partial charge in [-0.05, 0) is 18.6 Å². The zero-order valence-electron chi connectivity index (χ0n) is 7.77. The summed E-state index contributed by atoms with van der Waals surface area (Å²) in [5.41, 5.74) is 3.54. The fraction of sp³-hybridized carbons (Fsp3) is 0.222. The largest absolute Gasteiger partial charge is 0.464 e. The molecule has 1 rings (SSSR count). The number of carbonyl (C=O) groups is 1. The molecule has 5 nitrogen and oxygen atoms in total. The van der Waals surface area contributed by atoms with Gasteiger partial charge < -0.3 is 5.11 Å². The number of rotatable bonds is 3. The third kappa shape index (κ3) is 2.85. The van der Waals surface area contributed by atoms with Crippen LogP contribution in [0.1, 0.15) is 18.9 Å². The molecule has 0 aliphatic heterocycles. The lowest BCUT2D eigenvalue weighted by Gasteiger charge is -2.02. The van der Waals surface area contributed by atoms with Crippen LogP contribution in [0.25, 0.3) is 0 Å². The van der Waals surface area contributed by atoms with E-state index < -0.39 is 6.09 Å². The lowest BCUT2D eigenvalue weighted by molar-refractivity contribution is 0.195. The second-order valence-corrected chi connectivity index (χ2v) is 2.56. The standard InChI is InChI=1S/C9H11N3O2/c1-2-8(11-12-9(13)14)7-3-5-10-6-4-7/h3-6,12H,2H2,1H3,(H,13,14). The third-order valence-electron chi connectivity index (χ3n) is 1.63. The normalized spacial score (nSPS) is 11.1. The van der Waals surface area contributed by atoms with Gasteiger partial charge in [0.05, 0.1) is 5.71 Å². The van der Waals surface area contributed by atoms with Crippen molar-refractivity contribution in [1.82, 2.24) is 10.4 Å². The van der Waals surface area contributed by atoms with Crippen molar-refractivity contribution in [3.63, 3.8) is 0 Å². The van der Waals surface area contributed by atoms with Gasteiger partial charge >= 0.3 is 6.09 Å². The zero-order valence-corrected chi connectivity index (χ0v) is 7.77. The van der Waals surface area contributed by atoms with Crippen LogP contribution in [0.15, 0.2) is 29.6 Å². The van der Waals surface area contributed by atoms with E-state index in [1.165, 1.54) is 0 Å². The van der Waals surface area contributed by atoms with Gasteiger partial charge in [-0.1, -0.05) is 6.92 Å². The van der Waals surface area contributed by atoms with Crippen molar-refractivity contribution in [2.75, 3.05) is 0 Å².